The van der Waals surface area contributed by atoms with E-state index in [4.69, 9.17) is 11.6 Å². The maximum atomic E-state index is 12.2. The molecule has 0 heterocycles. The van der Waals surface area contributed by atoms with Crippen molar-refractivity contribution in [1.29, 1.82) is 0 Å². The number of nitrogens with one attached hydrogen (secondary N) is 1. The zero-order chi connectivity index (χ0) is 19.4. The molecule has 0 unspecified atom stereocenters. The largest absolute Gasteiger partial charge is 0.321 e. The Bertz CT molecular complexity index is 1120. The highest BCUT2D eigenvalue weighted by atomic mass is 32.2. The second kappa shape index (κ2) is 7.46. The van der Waals surface area contributed by atoms with Crippen molar-refractivity contribution in [2.45, 2.75) is 4.90 Å². The predicted octanol–water partition coefficient (Wildman–Crippen LogP) is 3.23. The van der Waals surface area contributed by atoms with Gasteiger partial charge < -0.3 is 5.32 Å². The number of anilines is 1. The Kier molecular flexibility index (Phi) is 5.08. The number of para-hydroxylation sites is 1. The maximum absolute atomic E-state index is 12.2. The molecule has 2 aliphatic carbocycles. The second-order valence-electron chi connectivity index (χ2n) is 5.76. The molecule has 0 atom stereocenters. The number of carbonyl (C=O) groups excluding carboxylic acids is 1. The van der Waals surface area contributed by atoms with Gasteiger partial charge in [0.25, 0.3) is 5.91 Å². The highest BCUT2D eigenvalue weighted by Crippen LogP contribution is 2.29. The molecule has 27 heavy (non-hydrogen) atoms. The Morgan fingerprint density at radius 2 is 1.44 bits per heavy atom. The van der Waals surface area contributed by atoms with Crippen LogP contribution in [0.1, 0.15) is 15.9 Å². The van der Waals surface area contributed by atoms with E-state index in [2.05, 4.69) is 35.5 Å². The average Bonchev–Trinajstić information content (AvgIpc) is 2.64. The van der Waals surface area contributed by atoms with Crippen molar-refractivity contribution in [3.8, 4) is 23.5 Å². The number of benzene rings is 3. The molecule has 0 spiro atoms. The van der Waals surface area contributed by atoms with Gasteiger partial charge in [-0.3, -0.25) is 4.79 Å². The minimum atomic E-state index is -3.93. The zero-order valence-electron chi connectivity index (χ0n) is 14.2. The number of nitrogens with two attached hydrogens (primary N) is 1. The smallest absolute Gasteiger partial charge is 0.256 e. The van der Waals surface area contributed by atoms with Gasteiger partial charge in [0, 0.05) is 5.56 Å². The van der Waals surface area contributed by atoms with Crippen LogP contribution < -0.4 is 10.5 Å². The first-order chi connectivity index (χ1) is 12.9. The average molecular weight is 376 g/mol. The molecule has 5 nitrogen and oxygen atoms in total. The van der Waals surface area contributed by atoms with Crippen LogP contribution in [0.5, 0.6) is 0 Å². The van der Waals surface area contributed by atoms with Crippen LogP contribution in [0.15, 0.2) is 77.7 Å². The van der Waals surface area contributed by atoms with Gasteiger partial charge >= 0.3 is 0 Å². The van der Waals surface area contributed by atoms with Gasteiger partial charge in [-0.25, -0.2) is 13.6 Å². The Hall–Kier alpha value is -3.40. The lowest BCUT2D eigenvalue weighted by atomic mass is 9.95. The molecule has 2 aromatic rings. The number of terminal acetylenes is 1. The van der Waals surface area contributed by atoms with Crippen molar-refractivity contribution >= 4 is 21.6 Å². The van der Waals surface area contributed by atoms with Crippen molar-refractivity contribution in [2.75, 3.05) is 5.32 Å². The number of primary sulfonamides is 1. The van der Waals surface area contributed by atoms with Gasteiger partial charge in [-0.05, 0) is 35.4 Å². The van der Waals surface area contributed by atoms with E-state index in [0.29, 0.717) is 5.56 Å². The number of rotatable bonds is 3. The molecule has 0 saturated heterocycles. The van der Waals surface area contributed by atoms with Gasteiger partial charge in [-0.15, -0.1) is 6.42 Å². The Labute approximate surface area is 157 Å². The summed E-state index contributed by atoms with van der Waals surface area (Å²) in [4.78, 5) is 12.1. The van der Waals surface area contributed by atoms with Crippen LogP contribution in [0.25, 0.3) is 11.1 Å². The first-order valence-corrected chi connectivity index (χ1v) is 9.54. The van der Waals surface area contributed by atoms with Crippen molar-refractivity contribution < 1.29 is 13.2 Å². The number of hydrogen-bond donors (Lipinski definition) is 2. The van der Waals surface area contributed by atoms with Gasteiger partial charge in [-0.1, -0.05) is 54.5 Å². The minimum Gasteiger partial charge on any atom is -0.321 e. The SMILES string of the molecule is C#Cc1ccccc1C(=O)Nc1ccccc1S(N)(=O)=O.c1cc2ccc1-2. The standard InChI is InChI=1S/C15H12N2O3S.C6H4/c1-2-11-7-3-4-8-12(11)15(18)17-13-9-5-6-10-14(13)21(16,19)20;1-2-6-4-3-5(1)6/h1,3-10H,(H,17,18)(H2,16,19,20);1-4H. The number of carbonyl (C=O) groups is 1. The summed E-state index contributed by atoms with van der Waals surface area (Å²) >= 11 is 0. The first kappa shape index (κ1) is 18.4. The van der Waals surface area contributed by atoms with Crippen LogP contribution >= 0.6 is 0 Å². The van der Waals surface area contributed by atoms with E-state index in [1.807, 2.05) is 0 Å². The van der Waals surface area contributed by atoms with Crippen molar-refractivity contribution in [3.05, 3.63) is 83.9 Å². The molecule has 0 saturated carbocycles. The molecule has 2 aliphatic rings. The predicted molar refractivity (Wildman–Crippen MR) is 106 cm³/mol. The molecule has 0 aromatic heterocycles. The number of sulfonamides is 1. The maximum Gasteiger partial charge on any atom is 0.256 e. The molecule has 1 amide bonds. The highest BCUT2D eigenvalue weighted by molar-refractivity contribution is 7.89. The van der Waals surface area contributed by atoms with Crippen molar-refractivity contribution in [2.24, 2.45) is 5.14 Å². The van der Waals surface area contributed by atoms with E-state index < -0.39 is 15.9 Å². The van der Waals surface area contributed by atoms with E-state index in [-0.39, 0.29) is 16.1 Å². The summed E-state index contributed by atoms with van der Waals surface area (Å²) in [6.07, 6.45) is 5.34. The molecule has 3 N–H and O–H groups in total. The third-order valence-corrected chi connectivity index (χ3v) is 4.96. The lowest BCUT2D eigenvalue weighted by molar-refractivity contribution is 0.102. The molecule has 4 rings (SSSR count). The molecule has 0 radical (unpaired) electrons. The lowest BCUT2D eigenvalue weighted by Crippen LogP contribution is -2.19. The van der Waals surface area contributed by atoms with Crippen molar-refractivity contribution in [1.82, 2.24) is 0 Å². The Balaban J connectivity index is 0.000000290. The summed E-state index contributed by atoms with van der Waals surface area (Å²) in [5.74, 6) is 1.90. The van der Waals surface area contributed by atoms with E-state index in [1.165, 1.54) is 29.3 Å². The highest BCUT2D eigenvalue weighted by Gasteiger charge is 2.16. The fraction of sp³-hybridized carbons (Fsp3) is 0. The van der Waals surface area contributed by atoms with Crippen LogP contribution in [-0.2, 0) is 10.0 Å². The molecule has 0 fully saturated rings. The molecule has 0 bridgehead atoms. The third kappa shape index (κ3) is 4.06. The first-order valence-electron chi connectivity index (χ1n) is 7.99. The van der Waals surface area contributed by atoms with Crippen LogP contribution in [0.3, 0.4) is 0 Å². The van der Waals surface area contributed by atoms with Gasteiger partial charge in [-0.2, -0.15) is 0 Å². The Morgan fingerprint density at radius 3 is 1.96 bits per heavy atom. The molecular weight excluding hydrogens is 360 g/mol. The lowest BCUT2D eigenvalue weighted by Gasteiger charge is -2.10. The summed E-state index contributed by atoms with van der Waals surface area (Å²) in [5.41, 5.74) is 3.66. The normalized spacial score (nSPS) is 10.8. The summed E-state index contributed by atoms with van der Waals surface area (Å²) in [7, 11) is -3.93. The number of amides is 1. The summed E-state index contributed by atoms with van der Waals surface area (Å²) in [6, 6.07) is 20.9. The monoisotopic (exact) mass is 376 g/mol. The number of fused-ring (bicyclic) bond motifs is 1. The fourth-order valence-corrected chi connectivity index (χ4v) is 3.17. The van der Waals surface area contributed by atoms with E-state index >= 15 is 0 Å². The fourth-order valence-electron chi connectivity index (χ4n) is 2.48. The second-order valence-corrected chi connectivity index (χ2v) is 7.29. The van der Waals surface area contributed by atoms with Crippen LogP contribution in [0, 0.1) is 12.3 Å². The van der Waals surface area contributed by atoms with Crippen LogP contribution in [0.2, 0.25) is 0 Å². The quantitative estimate of drug-likeness (QED) is 0.538. The molecule has 134 valence electrons. The van der Waals surface area contributed by atoms with Crippen molar-refractivity contribution in [3.63, 3.8) is 0 Å². The summed E-state index contributed by atoms with van der Waals surface area (Å²) in [6.45, 7) is 0. The molecule has 6 heteroatoms. The van der Waals surface area contributed by atoms with E-state index in [0.717, 1.165) is 0 Å². The minimum absolute atomic E-state index is 0.108. The Morgan fingerprint density at radius 1 is 0.889 bits per heavy atom. The van der Waals surface area contributed by atoms with Gasteiger partial charge in [0.15, 0.2) is 0 Å². The third-order valence-electron chi connectivity index (χ3n) is 3.99. The topological polar surface area (TPSA) is 89.3 Å². The number of hydrogen-bond acceptors (Lipinski definition) is 3. The van der Waals surface area contributed by atoms with Gasteiger partial charge in [0.05, 0.1) is 11.3 Å². The van der Waals surface area contributed by atoms with Gasteiger partial charge in [0.1, 0.15) is 4.90 Å². The molecule has 2 aromatic carbocycles. The van der Waals surface area contributed by atoms with Gasteiger partial charge in [0.2, 0.25) is 10.0 Å². The summed E-state index contributed by atoms with van der Waals surface area (Å²) < 4.78 is 23.0. The zero-order valence-corrected chi connectivity index (χ0v) is 15.0. The molecular formula is C21H16N2O3S. The van der Waals surface area contributed by atoms with E-state index in [1.54, 1.807) is 30.3 Å². The summed E-state index contributed by atoms with van der Waals surface area (Å²) in [5, 5.41) is 7.63. The van der Waals surface area contributed by atoms with Crippen LogP contribution in [-0.4, -0.2) is 14.3 Å². The molecule has 0 aliphatic heterocycles. The van der Waals surface area contributed by atoms with Crippen LogP contribution in [0.4, 0.5) is 5.69 Å². The van der Waals surface area contributed by atoms with E-state index in [9.17, 15) is 13.2 Å².